The first-order valence-electron chi connectivity index (χ1n) is 18.2. The van der Waals surface area contributed by atoms with Crippen LogP contribution in [0.4, 0.5) is 5.69 Å². The lowest BCUT2D eigenvalue weighted by Crippen LogP contribution is -2.22. The average Bonchev–Trinajstić information content (AvgIpc) is 3.20. The third-order valence-electron chi connectivity index (χ3n) is 10.6. The predicted octanol–water partition coefficient (Wildman–Crippen LogP) is 13.3. The minimum atomic E-state index is 0.426. The van der Waals surface area contributed by atoms with Crippen LogP contribution in [0.1, 0.15) is 29.5 Å². The zero-order valence-corrected chi connectivity index (χ0v) is 28.7. The van der Waals surface area contributed by atoms with Crippen molar-refractivity contribution in [2.24, 2.45) is 10.9 Å². The molecule has 8 aromatic rings. The molecule has 0 amide bonds. The van der Waals surface area contributed by atoms with Gasteiger partial charge in [-0.3, -0.25) is 4.99 Å². The molecule has 0 fully saturated rings. The van der Waals surface area contributed by atoms with E-state index >= 15 is 0 Å². The zero-order chi connectivity index (χ0) is 34.0. The van der Waals surface area contributed by atoms with Gasteiger partial charge in [0.05, 0.1) is 11.4 Å². The number of aryl methyl sites for hydroxylation is 1. The van der Waals surface area contributed by atoms with Gasteiger partial charge in [0.25, 0.3) is 0 Å². The second-order valence-corrected chi connectivity index (χ2v) is 13.8. The number of aliphatic imine (C=N–C) groups is 1. The molecule has 0 aromatic heterocycles. The molecule has 1 nitrogen and oxygen atoms in total. The first kappa shape index (κ1) is 31.0. The van der Waals surface area contributed by atoms with Crippen LogP contribution < -0.4 is 0 Å². The summed E-state index contributed by atoms with van der Waals surface area (Å²) in [5.74, 6) is 0.426. The molecule has 0 bridgehead atoms. The number of hydrogen-bond donors (Lipinski definition) is 0. The summed E-state index contributed by atoms with van der Waals surface area (Å²) >= 11 is 0. The van der Waals surface area contributed by atoms with Gasteiger partial charge in [-0.05, 0) is 109 Å². The highest BCUT2D eigenvalue weighted by molar-refractivity contribution is 6.22. The minimum Gasteiger partial charge on any atom is -0.252 e. The second kappa shape index (κ2) is 13.7. The van der Waals surface area contributed by atoms with Crippen molar-refractivity contribution in [1.82, 2.24) is 0 Å². The molecule has 51 heavy (non-hydrogen) atoms. The molecule has 1 atom stereocenters. The molecular weight excluding hydrogens is 615 g/mol. The van der Waals surface area contributed by atoms with Gasteiger partial charge < -0.3 is 0 Å². The van der Waals surface area contributed by atoms with E-state index in [1.54, 1.807) is 0 Å². The molecule has 1 unspecified atom stereocenters. The molecular formula is C50H39N. The van der Waals surface area contributed by atoms with Crippen LogP contribution in [-0.4, -0.2) is 5.71 Å². The molecule has 8 aromatic carbocycles. The van der Waals surface area contributed by atoms with Gasteiger partial charge in [0, 0.05) is 5.92 Å². The fraction of sp³-hybridized carbons (Fsp3) is 0.100. The van der Waals surface area contributed by atoms with Crippen LogP contribution >= 0.6 is 0 Å². The summed E-state index contributed by atoms with van der Waals surface area (Å²) in [6.45, 7) is 0. The Labute approximate surface area is 300 Å². The highest BCUT2D eigenvalue weighted by Crippen LogP contribution is 2.44. The lowest BCUT2D eigenvalue weighted by molar-refractivity contribution is 0.582. The topological polar surface area (TPSA) is 12.4 Å². The second-order valence-electron chi connectivity index (χ2n) is 13.8. The third kappa shape index (κ3) is 6.06. The summed E-state index contributed by atoms with van der Waals surface area (Å²) in [7, 11) is 0. The van der Waals surface area contributed by atoms with Gasteiger partial charge in [-0.15, -0.1) is 0 Å². The van der Waals surface area contributed by atoms with Crippen LogP contribution in [0, 0.1) is 5.92 Å². The van der Waals surface area contributed by atoms with Crippen LogP contribution in [0.25, 0.3) is 54.9 Å². The molecule has 0 saturated heterocycles. The van der Waals surface area contributed by atoms with E-state index in [1.165, 1.54) is 77.3 Å². The monoisotopic (exact) mass is 653 g/mol. The maximum Gasteiger partial charge on any atom is 0.0665 e. The third-order valence-corrected chi connectivity index (χ3v) is 10.6. The fourth-order valence-corrected chi connectivity index (χ4v) is 8.13. The van der Waals surface area contributed by atoms with E-state index in [0.29, 0.717) is 5.92 Å². The average molecular weight is 654 g/mol. The van der Waals surface area contributed by atoms with Crippen molar-refractivity contribution in [3.63, 3.8) is 0 Å². The van der Waals surface area contributed by atoms with Gasteiger partial charge >= 0.3 is 0 Å². The van der Waals surface area contributed by atoms with Crippen molar-refractivity contribution in [2.45, 2.75) is 25.7 Å². The van der Waals surface area contributed by atoms with Crippen LogP contribution in [0.3, 0.4) is 0 Å². The number of rotatable bonds is 8. The van der Waals surface area contributed by atoms with Gasteiger partial charge in [0.1, 0.15) is 0 Å². The number of para-hydroxylation sites is 1. The Hall–Kier alpha value is -6.05. The molecule has 244 valence electrons. The van der Waals surface area contributed by atoms with Crippen LogP contribution in [0.15, 0.2) is 187 Å². The Morgan fingerprint density at radius 2 is 0.961 bits per heavy atom. The number of fused-ring (bicyclic) bond motifs is 3. The zero-order valence-electron chi connectivity index (χ0n) is 28.7. The summed E-state index contributed by atoms with van der Waals surface area (Å²) in [4.78, 5) is 5.17. The molecule has 1 heterocycles. The SMILES string of the molecule is c1ccc(C2=Nc3ccccc3CC2CCCc2ccc(-c3ccc4c(-c5ccccc5)c5ccccc5c(-c5ccccc5)c4c3)cc2)cc1. The van der Waals surface area contributed by atoms with E-state index in [9.17, 15) is 0 Å². The minimum absolute atomic E-state index is 0.426. The molecule has 0 aliphatic carbocycles. The molecule has 0 spiro atoms. The normalized spacial score (nSPS) is 14.0. The van der Waals surface area contributed by atoms with Crippen molar-refractivity contribution < 1.29 is 0 Å². The maximum absolute atomic E-state index is 5.17. The highest BCUT2D eigenvalue weighted by atomic mass is 14.8. The Kier molecular flexibility index (Phi) is 8.31. The lowest BCUT2D eigenvalue weighted by atomic mass is 9.83. The van der Waals surface area contributed by atoms with Crippen LogP contribution in [-0.2, 0) is 12.8 Å². The first-order chi connectivity index (χ1) is 25.3. The van der Waals surface area contributed by atoms with Crippen molar-refractivity contribution in [1.29, 1.82) is 0 Å². The molecule has 1 aliphatic heterocycles. The largest absolute Gasteiger partial charge is 0.252 e. The van der Waals surface area contributed by atoms with Gasteiger partial charge in [-0.25, -0.2) is 0 Å². The van der Waals surface area contributed by atoms with E-state index in [2.05, 4.69) is 182 Å². The van der Waals surface area contributed by atoms with Crippen LogP contribution in [0.5, 0.6) is 0 Å². The van der Waals surface area contributed by atoms with Gasteiger partial charge in [-0.2, -0.15) is 0 Å². The molecule has 1 aliphatic rings. The van der Waals surface area contributed by atoms with Gasteiger partial charge in [-0.1, -0.05) is 170 Å². The Balaban J connectivity index is 1.02. The number of nitrogens with zero attached hydrogens (tertiary/aromatic N) is 1. The summed E-state index contributed by atoms with van der Waals surface area (Å²) in [6.07, 6.45) is 4.36. The molecule has 0 saturated carbocycles. The van der Waals surface area contributed by atoms with E-state index in [4.69, 9.17) is 4.99 Å². The van der Waals surface area contributed by atoms with Crippen molar-refractivity contribution in [2.75, 3.05) is 0 Å². The van der Waals surface area contributed by atoms with Gasteiger partial charge in [0.15, 0.2) is 0 Å². The molecule has 1 heteroatoms. The quantitative estimate of drug-likeness (QED) is 0.145. The summed E-state index contributed by atoms with van der Waals surface area (Å²) in [6, 6.07) is 66.3. The van der Waals surface area contributed by atoms with E-state index in [1.807, 2.05) is 0 Å². The van der Waals surface area contributed by atoms with Crippen molar-refractivity contribution in [3.8, 4) is 33.4 Å². The smallest absolute Gasteiger partial charge is 0.0665 e. The summed E-state index contributed by atoms with van der Waals surface area (Å²) in [5.41, 5.74) is 13.9. The molecule has 0 N–H and O–H groups in total. The first-order valence-corrected chi connectivity index (χ1v) is 18.2. The molecule has 9 rings (SSSR count). The Morgan fingerprint density at radius 1 is 0.431 bits per heavy atom. The maximum atomic E-state index is 5.17. The number of benzene rings is 8. The summed E-state index contributed by atoms with van der Waals surface area (Å²) in [5, 5.41) is 5.13. The highest BCUT2D eigenvalue weighted by Gasteiger charge is 2.24. The van der Waals surface area contributed by atoms with E-state index < -0.39 is 0 Å². The standard InChI is InChI=1S/C50H39N/c1-4-16-37(17-5-1)48-43-24-11-12-25-44(43)49(38-18-6-2-7-19-38)46-34-40(31-32-45(46)48)36-29-27-35(28-30-36)15-14-23-42-33-41-22-10-13-26-47(41)51-50(42)39-20-8-3-9-21-39/h1-13,16-22,24-32,34,42H,14-15,23,33H2. The van der Waals surface area contributed by atoms with Crippen molar-refractivity contribution in [3.05, 3.63) is 199 Å². The van der Waals surface area contributed by atoms with Crippen LogP contribution in [0.2, 0.25) is 0 Å². The predicted molar refractivity (Wildman–Crippen MR) is 217 cm³/mol. The fourth-order valence-electron chi connectivity index (χ4n) is 8.13. The van der Waals surface area contributed by atoms with Crippen molar-refractivity contribution >= 4 is 32.9 Å². The van der Waals surface area contributed by atoms with E-state index in [-0.39, 0.29) is 0 Å². The van der Waals surface area contributed by atoms with Gasteiger partial charge in [0.2, 0.25) is 0 Å². The van der Waals surface area contributed by atoms with E-state index in [0.717, 1.165) is 31.4 Å². The lowest BCUT2D eigenvalue weighted by Gasteiger charge is -2.25. The Morgan fingerprint density at radius 3 is 1.63 bits per heavy atom. The molecule has 0 radical (unpaired) electrons. The Bertz CT molecular complexity index is 2490. The summed E-state index contributed by atoms with van der Waals surface area (Å²) < 4.78 is 0. The number of hydrogen-bond acceptors (Lipinski definition) is 1.